The number of hydrogen-bond acceptors (Lipinski definition) is 7. The smallest absolute Gasteiger partial charge is 0.427 e. The number of rotatable bonds is 8. The lowest BCUT2D eigenvalue weighted by atomic mass is 9.79. The Bertz CT molecular complexity index is 495. The van der Waals surface area contributed by atoms with Gasteiger partial charge in [0, 0.05) is 24.2 Å². The molecule has 0 aromatic carbocycles. The van der Waals surface area contributed by atoms with Gasteiger partial charge in [0.2, 0.25) is 0 Å². The normalized spacial score (nSPS) is 31.4. The van der Waals surface area contributed by atoms with Crippen LogP contribution >= 0.6 is 0 Å². The van der Waals surface area contributed by atoms with Gasteiger partial charge in [-0.25, -0.2) is 0 Å². The van der Waals surface area contributed by atoms with Crippen LogP contribution in [0.15, 0.2) is 0 Å². The molecule has 2 rings (SSSR count). The summed E-state index contributed by atoms with van der Waals surface area (Å²) in [7, 11) is -5.16. The highest BCUT2D eigenvalue weighted by molar-refractivity contribution is 7.84. The van der Waals surface area contributed by atoms with E-state index in [0.29, 0.717) is 12.8 Å². The van der Waals surface area contributed by atoms with Crippen molar-refractivity contribution in [3.8, 4) is 0 Å². The van der Waals surface area contributed by atoms with E-state index in [9.17, 15) is 8.42 Å². The molecule has 0 amide bonds. The van der Waals surface area contributed by atoms with E-state index in [1.165, 1.54) is 4.31 Å². The maximum atomic E-state index is 12.2. The molecule has 2 aliphatic rings. The maximum Gasteiger partial charge on any atom is 0.451 e. The first kappa shape index (κ1) is 18.1. The standard InChI is InChI=1S/C12H26BN3O5S/c1-11(14)8-16(7-10(11)3-2-6-13(17)18)22(19,20)21-9-12(15)4-5-12/h10,17-18H,2-9,14-15H2,1H3/t10-,11-/m0/s1. The van der Waals surface area contributed by atoms with E-state index in [1.54, 1.807) is 0 Å². The van der Waals surface area contributed by atoms with Crippen molar-refractivity contribution >= 4 is 17.4 Å². The van der Waals surface area contributed by atoms with Gasteiger partial charge in [0.1, 0.15) is 0 Å². The fourth-order valence-electron chi connectivity index (χ4n) is 2.74. The molecular formula is C12H26BN3O5S. The van der Waals surface area contributed by atoms with Gasteiger partial charge in [-0.3, -0.25) is 4.18 Å². The van der Waals surface area contributed by atoms with Crippen LogP contribution in [0.4, 0.5) is 0 Å². The molecule has 0 spiro atoms. The minimum Gasteiger partial charge on any atom is -0.427 e. The minimum atomic E-state index is -3.82. The number of hydrogen-bond donors (Lipinski definition) is 4. The molecular weight excluding hydrogens is 309 g/mol. The molecule has 128 valence electrons. The zero-order valence-corrected chi connectivity index (χ0v) is 13.8. The molecule has 22 heavy (non-hydrogen) atoms. The fourth-order valence-corrected chi connectivity index (χ4v) is 4.07. The van der Waals surface area contributed by atoms with E-state index in [0.717, 1.165) is 12.8 Å². The highest BCUT2D eigenvalue weighted by Gasteiger charge is 2.46. The molecule has 2 atom stereocenters. The average molecular weight is 335 g/mol. The van der Waals surface area contributed by atoms with Crippen LogP contribution in [0.3, 0.4) is 0 Å². The van der Waals surface area contributed by atoms with Crippen LogP contribution in [0.25, 0.3) is 0 Å². The molecule has 0 bridgehead atoms. The summed E-state index contributed by atoms with van der Waals surface area (Å²) in [6.07, 6.45) is 3.03. The Morgan fingerprint density at radius 1 is 1.36 bits per heavy atom. The van der Waals surface area contributed by atoms with Crippen molar-refractivity contribution in [3.05, 3.63) is 0 Å². The van der Waals surface area contributed by atoms with Crippen LogP contribution in [0.2, 0.25) is 6.32 Å². The molecule has 8 nitrogen and oxygen atoms in total. The number of nitrogens with zero attached hydrogens (tertiary/aromatic N) is 1. The Balaban J connectivity index is 1.89. The van der Waals surface area contributed by atoms with Crippen molar-refractivity contribution in [2.45, 2.75) is 50.0 Å². The SMILES string of the molecule is C[C@]1(N)CN(S(=O)(=O)OCC2(N)CC2)C[C@@H]1CCCB(O)O. The highest BCUT2D eigenvalue weighted by atomic mass is 32.2. The zero-order valence-electron chi connectivity index (χ0n) is 12.9. The Hall–Kier alpha value is -0.225. The van der Waals surface area contributed by atoms with Crippen molar-refractivity contribution in [2.75, 3.05) is 19.7 Å². The Labute approximate surface area is 132 Å². The Morgan fingerprint density at radius 3 is 2.55 bits per heavy atom. The maximum absolute atomic E-state index is 12.2. The van der Waals surface area contributed by atoms with E-state index in [4.69, 9.17) is 25.7 Å². The van der Waals surface area contributed by atoms with Crippen molar-refractivity contribution < 1.29 is 22.6 Å². The second-order valence-corrected chi connectivity index (χ2v) is 8.60. The Kier molecular flexibility index (Phi) is 5.23. The second-order valence-electron chi connectivity index (χ2n) is 6.99. The van der Waals surface area contributed by atoms with E-state index in [-0.39, 0.29) is 31.9 Å². The third-order valence-electron chi connectivity index (χ3n) is 4.59. The lowest BCUT2D eigenvalue weighted by Gasteiger charge is -2.25. The van der Waals surface area contributed by atoms with Crippen LogP contribution in [0.5, 0.6) is 0 Å². The first-order valence-corrected chi connectivity index (χ1v) is 8.99. The summed E-state index contributed by atoms with van der Waals surface area (Å²) in [6.45, 7) is 2.30. The lowest BCUT2D eigenvalue weighted by Crippen LogP contribution is -2.45. The van der Waals surface area contributed by atoms with Gasteiger partial charge in [-0.05, 0) is 38.4 Å². The quantitative estimate of drug-likeness (QED) is 0.402. The summed E-state index contributed by atoms with van der Waals surface area (Å²) in [6, 6.07) is 0. The van der Waals surface area contributed by atoms with E-state index < -0.39 is 28.5 Å². The topological polar surface area (TPSA) is 139 Å². The van der Waals surface area contributed by atoms with Gasteiger partial charge >= 0.3 is 17.4 Å². The van der Waals surface area contributed by atoms with E-state index in [2.05, 4.69) is 0 Å². The van der Waals surface area contributed by atoms with Gasteiger partial charge in [-0.2, -0.15) is 12.7 Å². The van der Waals surface area contributed by atoms with Crippen LogP contribution in [0.1, 0.15) is 32.6 Å². The van der Waals surface area contributed by atoms with Crippen LogP contribution in [0, 0.1) is 5.92 Å². The molecule has 2 fully saturated rings. The molecule has 1 heterocycles. The van der Waals surface area contributed by atoms with Gasteiger partial charge in [0.05, 0.1) is 6.61 Å². The third kappa shape index (κ3) is 4.64. The predicted molar refractivity (Wildman–Crippen MR) is 82.9 cm³/mol. The summed E-state index contributed by atoms with van der Waals surface area (Å²) in [5, 5.41) is 17.8. The van der Waals surface area contributed by atoms with Crippen LogP contribution < -0.4 is 11.5 Å². The van der Waals surface area contributed by atoms with Crippen molar-refractivity contribution in [1.29, 1.82) is 0 Å². The van der Waals surface area contributed by atoms with Crippen LogP contribution in [-0.4, -0.2) is 60.7 Å². The minimum absolute atomic E-state index is 0.00842. The molecule has 1 saturated heterocycles. The van der Waals surface area contributed by atoms with Gasteiger partial charge in [0.25, 0.3) is 0 Å². The second kappa shape index (κ2) is 6.35. The van der Waals surface area contributed by atoms with Crippen LogP contribution in [-0.2, 0) is 14.5 Å². The molecule has 0 aromatic heterocycles. The lowest BCUT2D eigenvalue weighted by molar-refractivity contribution is 0.250. The monoisotopic (exact) mass is 335 g/mol. The Morgan fingerprint density at radius 2 is 2.00 bits per heavy atom. The van der Waals surface area contributed by atoms with Crippen molar-refractivity contribution in [3.63, 3.8) is 0 Å². The molecule has 6 N–H and O–H groups in total. The molecule has 0 radical (unpaired) electrons. The summed E-state index contributed by atoms with van der Waals surface area (Å²) >= 11 is 0. The van der Waals surface area contributed by atoms with E-state index in [1.807, 2.05) is 6.92 Å². The average Bonchev–Trinajstić information content (AvgIpc) is 3.04. The summed E-state index contributed by atoms with van der Waals surface area (Å²) in [5.74, 6) is -0.0441. The first-order chi connectivity index (χ1) is 10.0. The predicted octanol–water partition coefficient (Wildman–Crippen LogP) is -1.36. The van der Waals surface area contributed by atoms with Gasteiger partial charge in [-0.15, -0.1) is 0 Å². The zero-order chi connectivity index (χ0) is 16.6. The molecule has 10 heteroatoms. The van der Waals surface area contributed by atoms with E-state index >= 15 is 0 Å². The van der Waals surface area contributed by atoms with Gasteiger partial charge in [0.15, 0.2) is 0 Å². The molecule has 0 unspecified atom stereocenters. The fraction of sp³-hybridized carbons (Fsp3) is 1.00. The molecule has 1 saturated carbocycles. The van der Waals surface area contributed by atoms with Gasteiger partial charge < -0.3 is 21.5 Å². The number of nitrogens with two attached hydrogens (primary N) is 2. The van der Waals surface area contributed by atoms with Crippen molar-refractivity contribution in [2.24, 2.45) is 17.4 Å². The van der Waals surface area contributed by atoms with Crippen molar-refractivity contribution in [1.82, 2.24) is 4.31 Å². The summed E-state index contributed by atoms with van der Waals surface area (Å²) in [5.41, 5.74) is 10.9. The largest absolute Gasteiger partial charge is 0.451 e. The first-order valence-electron chi connectivity index (χ1n) is 7.63. The summed E-state index contributed by atoms with van der Waals surface area (Å²) in [4.78, 5) is 0. The molecule has 0 aromatic rings. The third-order valence-corrected chi connectivity index (χ3v) is 5.92. The van der Waals surface area contributed by atoms with Gasteiger partial charge in [-0.1, -0.05) is 6.42 Å². The highest BCUT2D eigenvalue weighted by Crippen LogP contribution is 2.35. The molecule has 1 aliphatic carbocycles. The molecule has 1 aliphatic heterocycles. The summed E-state index contributed by atoms with van der Waals surface area (Å²) < 4.78 is 30.8.